The van der Waals surface area contributed by atoms with Gasteiger partial charge in [0, 0.05) is 35.4 Å². The average molecular weight is 467 g/mol. The number of amides is 1. The number of hydrogen-bond donors (Lipinski definition) is 2. The first-order valence-corrected chi connectivity index (χ1v) is 11.2. The van der Waals surface area contributed by atoms with Gasteiger partial charge < -0.3 is 10.4 Å². The van der Waals surface area contributed by atoms with Gasteiger partial charge in [-0.25, -0.2) is 8.42 Å². The zero-order valence-corrected chi connectivity index (χ0v) is 18.0. The predicted octanol–water partition coefficient (Wildman–Crippen LogP) is 3.48. The van der Waals surface area contributed by atoms with Crippen molar-refractivity contribution < 1.29 is 18.3 Å². The van der Waals surface area contributed by atoms with Crippen LogP contribution < -0.4 is 5.32 Å². The van der Waals surface area contributed by atoms with E-state index in [1.807, 2.05) is 13.0 Å². The molecule has 1 saturated heterocycles. The zero-order valence-electron chi connectivity index (χ0n) is 15.6. The van der Waals surface area contributed by atoms with E-state index in [0.717, 1.165) is 4.47 Å². The number of nitrogens with zero attached hydrogens (tertiary/aromatic N) is 1. The molecule has 3 rings (SSSR count). The minimum absolute atomic E-state index is 0.0478. The highest BCUT2D eigenvalue weighted by Gasteiger charge is 2.35. The van der Waals surface area contributed by atoms with Gasteiger partial charge in [0.15, 0.2) is 0 Å². The molecule has 0 aliphatic carbocycles. The van der Waals surface area contributed by atoms with Crippen LogP contribution in [-0.4, -0.2) is 43.4 Å². The van der Waals surface area contributed by atoms with Gasteiger partial charge in [0.25, 0.3) is 5.91 Å². The van der Waals surface area contributed by atoms with Gasteiger partial charge in [0.05, 0.1) is 4.90 Å². The summed E-state index contributed by atoms with van der Waals surface area (Å²) < 4.78 is 28.2. The standard InChI is InChI=1S/C20H23BrN2O4S/c1-20(14-24)8-10-23(11-9-20)28(26,27)18-7-2-4-15(12-18)19(25)22-17-6-3-5-16(21)13-17/h2-7,12-13,24H,8-11,14H2,1H3,(H,22,25). The topological polar surface area (TPSA) is 86.7 Å². The van der Waals surface area contributed by atoms with E-state index in [9.17, 15) is 18.3 Å². The summed E-state index contributed by atoms with van der Waals surface area (Å²) in [4.78, 5) is 12.6. The first kappa shape index (κ1) is 21.0. The largest absolute Gasteiger partial charge is 0.396 e. The summed E-state index contributed by atoms with van der Waals surface area (Å²) in [6.07, 6.45) is 1.21. The van der Waals surface area contributed by atoms with Crippen LogP contribution in [-0.2, 0) is 10.0 Å². The van der Waals surface area contributed by atoms with Crippen molar-refractivity contribution in [3.8, 4) is 0 Å². The van der Waals surface area contributed by atoms with Crippen LogP contribution in [0.4, 0.5) is 5.69 Å². The molecule has 150 valence electrons. The van der Waals surface area contributed by atoms with Gasteiger partial charge >= 0.3 is 0 Å². The molecule has 28 heavy (non-hydrogen) atoms. The number of carbonyl (C=O) groups is 1. The minimum Gasteiger partial charge on any atom is -0.396 e. The van der Waals surface area contributed by atoms with Crippen molar-refractivity contribution in [2.24, 2.45) is 5.41 Å². The molecule has 0 radical (unpaired) electrons. The van der Waals surface area contributed by atoms with Gasteiger partial charge in [-0.3, -0.25) is 4.79 Å². The monoisotopic (exact) mass is 466 g/mol. The van der Waals surface area contributed by atoms with Crippen molar-refractivity contribution in [1.29, 1.82) is 0 Å². The summed E-state index contributed by atoms with van der Waals surface area (Å²) in [5.41, 5.74) is 0.655. The van der Waals surface area contributed by atoms with Crippen LogP contribution in [0.1, 0.15) is 30.1 Å². The molecule has 0 unspecified atom stereocenters. The van der Waals surface area contributed by atoms with Gasteiger partial charge in [-0.05, 0) is 54.7 Å². The number of anilines is 1. The quantitative estimate of drug-likeness (QED) is 0.705. The maximum absolute atomic E-state index is 13.0. The van der Waals surface area contributed by atoms with Crippen LogP contribution in [0.25, 0.3) is 0 Å². The Hall–Kier alpha value is -1.74. The van der Waals surface area contributed by atoms with E-state index in [0.29, 0.717) is 31.6 Å². The predicted molar refractivity (Wildman–Crippen MR) is 112 cm³/mol. The normalized spacial score (nSPS) is 17.2. The van der Waals surface area contributed by atoms with Crippen LogP contribution in [0.3, 0.4) is 0 Å². The molecule has 0 saturated carbocycles. The summed E-state index contributed by atoms with van der Waals surface area (Å²) in [7, 11) is -3.69. The van der Waals surface area contributed by atoms with E-state index in [4.69, 9.17) is 0 Å². The number of aliphatic hydroxyl groups is 1. The van der Waals surface area contributed by atoms with Crippen molar-refractivity contribution in [2.45, 2.75) is 24.7 Å². The van der Waals surface area contributed by atoms with Crippen LogP contribution in [0.2, 0.25) is 0 Å². The zero-order chi connectivity index (χ0) is 20.4. The summed E-state index contributed by atoms with van der Waals surface area (Å²) in [5.74, 6) is -0.373. The Morgan fingerprint density at radius 3 is 2.50 bits per heavy atom. The van der Waals surface area contributed by atoms with Gasteiger partial charge in [-0.2, -0.15) is 4.31 Å². The van der Waals surface area contributed by atoms with E-state index in [1.165, 1.54) is 16.4 Å². The molecular weight excluding hydrogens is 444 g/mol. The highest BCUT2D eigenvalue weighted by Crippen LogP contribution is 2.32. The third-order valence-electron chi connectivity index (χ3n) is 5.13. The number of carbonyl (C=O) groups excluding carboxylic acids is 1. The van der Waals surface area contributed by atoms with E-state index < -0.39 is 10.0 Å². The average Bonchev–Trinajstić information content (AvgIpc) is 2.68. The van der Waals surface area contributed by atoms with E-state index in [-0.39, 0.29) is 28.4 Å². The van der Waals surface area contributed by atoms with Gasteiger partial charge in [-0.1, -0.05) is 35.0 Å². The first-order valence-electron chi connectivity index (χ1n) is 9.02. The molecule has 0 bridgehead atoms. The lowest BCUT2D eigenvalue weighted by molar-refractivity contribution is 0.0853. The molecule has 0 aromatic heterocycles. The fourth-order valence-electron chi connectivity index (χ4n) is 3.14. The van der Waals surface area contributed by atoms with E-state index >= 15 is 0 Å². The SMILES string of the molecule is CC1(CO)CCN(S(=O)(=O)c2cccc(C(=O)Nc3cccc(Br)c3)c2)CC1. The summed E-state index contributed by atoms with van der Waals surface area (Å²) in [6, 6.07) is 13.3. The molecule has 2 aromatic carbocycles. The third kappa shape index (κ3) is 4.63. The van der Waals surface area contributed by atoms with E-state index in [1.54, 1.807) is 30.3 Å². The van der Waals surface area contributed by atoms with Gasteiger partial charge in [0.2, 0.25) is 10.0 Å². The maximum Gasteiger partial charge on any atom is 0.255 e. The summed E-state index contributed by atoms with van der Waals surface area (Å²) in [5, 5.41) is 12.2. The highest BCUT2D eigenvalue weighted by molar-refractivity contribution is 9.10. The van der Waals surface area contributed by atoms with Gasteiger partial charge in [-0.15, -0.1) is 0 Å². The Labute approximate surface area is 173 Å². The second-order valence-corrected chi connectivity index (χ2v) is 10.2. The lowest BCUT2D eigenvalue weighted by Gasteiger charge is -2.37. The Morgan fingerprint density at radius 1 is 1.18 bits per heavy atom. The molecule has 0 atom stereocenters. The lowest BCUT2D eigenvalue weighted by atomic mass is 9.82. The number of piperidine rings is 1. The Bertz CT molecular complexity index is 970. The minimum atomic E-state index is -3.69. The number of benzene rings is 2. The van der Waals surface area contributed by atoms with Crippen LogP contribution >= 0.6 is 15.9 Å². The molecule has 1 fully saturated rings. The van der Waals surface area contributed by atoms with Crippen LogP contribution in [0.5, 0.6) is 0 Å². The smallest absolute Gasteiger partial charge is 0.255 e. The molecule has 1 aliphatic rings. The van der Waals surface area contributed by atoms with E-state index in [2.05, 4.69) is 21.2 Å². The van der Waals surface area contributed by atoms with Crippen LogP contribution in [0, 0.1) is 5.41 Å². The van der Waals surface area contributed by atoms with Crippen molar-refractivity contribution in [3.05, 3.63) is 58.6 Å². The fourth-order valence-corrected chi connectivity index (χ4v) is 5.03. The van der Waals surface area contributed by atoms with Crippen molar-refractivity contribution in [3.63, 3.8) is 0 Å². The number of hydrogen-bond acceptors (Lipinski definition) is 4. The summed E-state index contributed by atoms with van der Waals surface area (Å²) >= 11 is 3.35. The second kappa shape index (κ2) is 8.32. The second-order valence-electron chi connectivity index (χ2n) is 7.37. The molecule has 2 N–H and O–H groups in total. The Kier molecular flexibility index (Phi) is 6.24. The molecule has 0 spiro atoms. The van der Waals surface area contributed by atoms with Crippen LogP contribution in [0.15, 0.2) is 57.9 Å². The molecule has 8 heteroatoms. The van der Waals surface area contributed by atoms with Gasteiger partial charge in [0.1, 0.15) is 0 Å². The van der Waals surface area contributed by atoms with Crippen molar-refractivity contribution >= 4 is 37.5 Å². The molecule has 1 heterocycles. The maximum atomic E-state index is 13.0. The number of sulfonamides is 1. The highest BCUT2D eigenvalue weighted by atomic mass is 79.9. The molecule has 1 amide bonds. The number of rotatable bonds is 5. The number of aliphatic hydroxyl groups excluding tert-OH is 1. The Balaban J connectivity index is 1.78. The fraction of sp³-hybridized carbons (Fsp3) is 0.350. The molecule has 6 nitrogen and oxygen atoms in total. The number of nitrogens with one attached hydrogen (secondary N) is 1. The summed E-state index contributed by atoms with van der Waals surface area (Å²) in [6.45, 7) is 2.72. The Morgan fingerprint density at radius 2 is 1.86 bits per heavy atom. The lowest BCUT2D eigenvalue weighted by Crippen LogP contribution is -2.43. The molecular formula is C20H23BrN2O4S. The molecule has 1 aliphatic heterocycles. The third-order valence-corrected chi connectivity index (χ3v) is 7.52. The van der Waals surface area contributed by atoms with Crippen molar-refractivity contribution in [1.82, 2.24) is 4.31 Å². The number of halogens is 1. The van der Waals surface area contributed by atoms with Crippen molar-refractivity contribution in [2.75, 3.05) is 25.0 Å². The molecule has 2 aromatic rings. The first-order chi connectivity index (χ1) is 13.2.